The number of carbonyl (C=O) groups is 3. The van der Waals surface area contributed by atoms with Crippen LogP contribution >= 0.6 is 22.9 Å². The highest BCUT2D eigenvalue weighted by atomic mass is 35.5. The molecule has 1 saturated carbocycles. The van der Waals surface area contributed by atoms with Gasteiger partial charge < -0.3 is 5.32 Å². The Labute approximate surface area is 174 Å². The van der Waals surface area contributed by atoms with Crippen molar-refractivity contribution >= 4 is 40.4 Å². The Morgan fingerprint density at radius 1 is 1.00 bits per heavy atom. The first-order chi connectivity index (χ1) is 13.5. The van der Waals surface area contributed by atoms with Crippen LogP contribution in [0.3, 0.4) is 0 Å². The first-order valence-electron chi connectivity index (χ1n) is 9.60. The second-order valence-electron chi connectivity index (χ2n) is 7.36. The third-order valence-corrected chi connectivity index (χ3v) is 6.61. The molecule has 6 heteroatoms. The normalized spacial score (nSPS) is 14.9. The van der Waals surface area contributed by atoms with E-state index in [4.69, 9.17) is 11.6 Å². The zero-order valence-electron chi connectivity index (χ0n) is 15.7. The van der Waals surface area contributed by atoms with Crippen molar-refractivity contribution in [3.63, 3.8) is 0 Å². The van der Waals surface area contributed by atoms with Gasteiger partial charge in [-0.05, 0) is 42.0 Å². The smallest absolute Gasteiger partial charge is 0.220 e. The number of thiophene rings is 1. The molecular formula is C22H24ClNO3S. The summed E-state index contributed by atoms with van der Waals surface area (Å²) >= 11 is 7.36. The van der Waals surface area contributed by atoms with E-state index in [0.717, 1.165) is 19.3 Å². The lowest BCUT2D eigenvalue weighted by Crippen LogP contribution is -2.45. The monoisotopic (exact) mass is 417 g/mol. The predicted octanol–water partition coefficient (Wildman–Crippen LogP) is 4.95. The van der Waals surface area contributed by atoms with Gasteiger partial charge in [0.05, 0.1) is 4.88 Å². The number of benzene rings is 1. The van der Waals surface area contributed by atoms with Crippen LogP contribution in [0, 0.1) is 0 Å². The summed E-state index contributed by atoms with van der Waals surface area (Å²) in [5, 5.41) is 5.54. The Morgan fingerprint density at radius 2 is 1.71 bits per heavy atom. The van der Waals surface area contributed by atoms with Crippen molar-refractivity contribution in [3.05, 3.63) is 57.2 Å². The maximum Gasteiger partial charge on any atom is 0.220 e. The van der Waals surface area contributed by atoms with Crippen LogP contribution in [0.5, 0.6) is 0 Å². The molecule has 1 aliphatic carbocycles. The number of amides is 1. The van der Waals surface area contributed by atoms with Gasteiger partial charge in [0, 0.05) is 42.7 Å². The van der Waals surface area contributed by atoms with Crippen molar-refractivity contribution in [1.82, 2.24) is 5.32 Å². The van der Waals surface area contributed by atoms with Crippen LogP contribution in [0.25, 0.3) is 0 Å². The molecule has 4 nitrogen and oxygen atoms in total. The fraction of sp³-hybridized carbons (Fsp3) is 0.409. The minimum Gasteiger partial charge on any atom is -0.355 e. The lowest BCUT2D eigenvalue weighted by Gasteiger charge is -2.42. The first-order valence-corrected chi connectivity index (χ1v) is 10.9. The second-order valence-corrected chi connectivity index (χ2v) is 8.74. The topological polar surface area (TPSA) is 63.2 Å². The van der Waals surface area contributed by atoms with Gasteiger partial charge in [0.15, 0.2) is 5.78 Å². The number of hydrogen-bond acceptors (Lipinski definition) is 4. The molecule has 148 valence electrons. The molecule has 0 saturated heterocycles. The van der Waals surface area contributed by atoms with Gasteiger partial charge in [0.2, 0.25) is 5.91 Å². The summed E-state index contributed by atoms with van der Waals surface area (Å²) in [6.45, 7) is 0.582. The molecule has 1 aromatic carbocycles. The van der Waals surface area contributed by atoms with E-state index in [1.807, 2.05) is 35.7 Å². The largest absolute Gasteiger partial charge is 0.355 e. The van der Waals surface area contributed by atoms with E-state index < -0.39 is 0 Å². The molecule has 0 bridgehead atoms. The molecule has 1 amide bonds. The van der Waals surface area contributed by atoms with Gasteiger partial charge >= 0.3 is 0 Å². The molecule has 1 aromatic heterocycles. The summed E-state index contributed by atoms with van der Waals surface area (Å²) in [6, 6.07) is 11.4. The van der Waals surface area contributed by atoms with E-state index in [1.54, 1.807) is 6.07 Å². The molecule has 1 heterocycles. The van der Waals surface area contributed by atoms with Crippen molar-refractivity contribution in [3.8, 4) is 0 Å². The van der Waals surface area contributed by atoms with Gasteiger partial charge in [-0.25, -0.2) is 0 Å². The van der Waals surface area contributed by atoms with Crippen LogP contribution in [-0.2, 0) is 15.0 Å². The number of halogens is 1. The third kappa shape index (κ3) is 5.30. The number of ketones is 2. The maximum atomic E-state index is 12.2. The zero-order valence-corrected chi connectivity index (χ0v) is 17.3. The van der Waals surface area contributed by atoms with Crippen LogP contribution in [-0.4, -0.2) is 24.0 Å². The number of hydrogen-bond donors (Lipinski definition) is 1. The standard InChI is InChI=1S/C22H24ClNO3S/c23-17-6-4-16(5-7-17)22(12-2-13-22)15-24-21(27)11-9-18(25)8-10-19(26)20-3-1-14-28-20/h1,3-7,14H,2,8-13,15H2,(H,24,27). The van der Waals surface area contributed by atoms with Crippen LogP contribution in [0.4, 0.5) is 0 Å². The number of nitrogens with one attached hydrogen (secondary N) is 1. The molecule has 28 heavy (non-hydrogen) atoms. The summed E-state index contributed by atoms with van der Waals surface area (Å²) in [7, 11) is 0. The molecule has 1 N–H and O–H groups in total. The van der Waals surface area contributed by atoms with Crippen molar-refractivity contribution in [2.24, 2.45) is 0 Å². The van der Waals surface area contributed by atoms with Gasteiger partial charge in [-0.1, -0.05) is 36.2 Å². The van der Waals surface area contributed by atoms with Gasteiger partial charge in [-0.15, -0.1) is 11.3 Å². The lowest BCUT2D eigenvalue weighted by molar-refractivity contribution is -0.125. The predicted molar refractivity (Wildman–Crippen MR) is 112 cm³/mol. The fourth-order valence-electron chi connectivity index (χ4n) is 3.52. The third-order valence-electron chi connectivity index (χ3n) is 5.45. The highest BCUT2D eigenvalue weighted by Gasteiger charge is 2.38. The number of carbonyl (C=O) groups excluding carboxylic acids is 3. The summed E-state index contributed by atoms with van der Waals surface area (Å²) < 4.78 is 0. The quantitative estimate of drug-likeness (QED) is 0.556. The molecule has 1 fully saturated rings. The van der Waals surface area contributed by atoms with Crippen LogP contribution in [0.1, 0.15) is 60.2 Å². The number of Topliss-reactive ketones (excluding diaryl/α,β-unsaturated/α-hetero) is 2. The van der Waals surface area contributed by atoms with Gasteiger partial charge in [0.25, 0.3) is 0 Å². The Bertz CT molecular complexity index is 826. The number of rotatable bonds is 10. The average molecular weight is 418 g/mol. The van der Waals surface area contributed by atoms with Crippen molar-refractivity contribution in [2.75, 3.05) is 6.54 Å². The van der Waals surface area contributed by atoms with E-state index in [1.165, 1.54) is 16.9 Å². The lowest BCUT2D eigenvalue weighted by atomic mass is 9.64. The van der Waals surface area contributed by atoms with Gasteiger partial charge in [0.1, 0.15) is 5.78 Å². The van der Waals surface area contributed by atoms with E-state index >= 15 is 0 Å². The molecule has 1 aliphatic rings. The molecule has 0 unspecified atom stereocenters. The van der Waals surface area contributed by atoms with Crippen molar-refractivity contribution < 1.29 is 14.4 Å². The highest BCUT2D eigenvalue weighted by molar-refractivity contribution is 7.12. The highest BCUT2D eigenvalue weighted by Crippen LogP contribution is 2.43. The van der Waals surface area contributed by atoms with Gasteiger partial charge in [-0.3, -0.25) is 14.4 Å². The van der Waals surface area contributed by atoms with E-state index in [-0.39, 0.29) is 48.6 Å². The second kappa shape index (κ2) is 9.48. The van der Waals surface area contributed by atoms with E-state index in [9.17, 15) is 14.4 Å². The molecule has 3 rings (SSSR count). The SMILES string of the molecule is O=C(CCC(=O)NCC1(c2ccc(Cl)cc2)CCC1)CCC(=O)c1cccs1. The summed E-state index contributed by atoms with van der Waals surface area (Å²) in [6.07, 6.45) is 3.98. The zero-order chi connectivity index (χ0) is 20.0. The summed E-state index contributed by atoms with van der Waals surface area (Å²) in [5.41, 5.74) is 1.18. The van der Waals surface area contributed by atoms with E-state index in [2.05, 4.69) is 5.32 Å². The Balaban J connectivity index is 1.39. The molecular weight excluding hydrogens is 394 g/mol. The average Bonchev–Trinajstić information content (AvgIpc) is 3.19. The summed E-state index contributed by atoms with van der Waals surface area (Å²) in [4.78, 5) is 36.8. The molecule has 2 aromatic rings. The van der Waals surface area contributed by atoms with Gasteiger partial charge in [-0.2, -0.15) is 0 Å². The first kappa shape index (κ1) is 20.7. The Hall–Kier alpha value is -1.98. The molecule has 0 aliphatic heterocycles. The minimum absolute atomic E-state index is 0.0114. The van der Waals surface area contributed by atoms with Crippen molar-refractivity contribution in [2.45, 2.75) is 50.4 Å². The molecule has 0 atom stereocenters. The van der Waals surface area contributed by atoms with E-state index in [0.29, 0.717) is 16.4 Å². The Morgan fingerprint density at radius 3 is 2.32 bits per heavy atom. The van der Waals surface area contributed by atoms with Crippen molar-refractivity contribution in [1.29, 1.82) is 0 Å². The minimum atomic E-state index is -0.113. The Kier molecular flexibility index (Phi) is 7.03. The fourth-order valence-corrected chi connectivity index (χ4v) is 4.34. The maximum absolute atomic E-state index is 12.2. The van der Waals surface area contributed by atoms with Crippen LogP contribution < -0.4 is 5.32 Å². The molecule has 0 spiro atoms. The molecule has 0 radical (unpaired) electrons. The van der Waals surface area contributed by atoms with Crippen LogP contribution in [0.2, 0.25) is 5.02 Å². The van der Waals surface area contributed by atoms with Crippen LogP contribution in [0.15, 0.2) is 41.8 Å². The summed E-state index contributed by atoms with van der Waals surface area (Å²) in [5.74, 6) is -0.169.